The van der Waals surface area contributed by atoms with Crippen molar-refractivity contribution >= 4 is 5.69 Å². The molecule has 0 heterocycles. The Morgan fingerprint density at radius 3 is 2.70 bits per heavy atom. The Morgan fingerprint density at radius 2 is 1.95 bits per heavy atom. The number of para-hydroxylation sites is 2. The summed E-state index contributed by atoms with van der Waals surface area (Å²) in [7, 11) is 0. The summed E-state index contributed by atoms with van der Waals surface area (Å²) in [6, 6.07) is 7.25. The van der Waals surface area contributed by atoms with Gasteiger partial charge >= 0.3 is 6.61 Å². The van der Waals surface area contributed by atoms with Gasteiger partial charge in [-0.2, -0.15) is 8.78 Å². The number of halogens is 2. The summed E-state index contributed by atoms with van der Waals surface area (Å²) in [5.41, 5.74) is 1.05. The van der Waals surface area contributed by atoms with Crippen molar-refractivity contribution in [2.24, 2.45) is 5.41 Å². The van der Waals surface area contributed by atoms with Crippen molar-refractivity contribution in [3.8, 4) is 5.75 Å². The first-order valence-corrected chi connectivity index (χ1v) is 7.27. The predicted molar refractivity (Wildman–Crippen MR) is 77.4 cm³/mol. The average Bonchev–Trinajstić information content (AvgIpc) is 2.53. The molecule has 0 aromatic heterocycles. The van der Waals surface area contributed by atoms with Crippen LogP contribution < -0.4 is 10.1 Å². The van der Waals surface area contributed by atoms with E-state index >= 15 is 0 Å². The van der Waals surface area contributed by atoms with E-state index in [1.54, 1.807) is 18.2 Å². The van der Waals surface area contributed by atoms with Crippen LogP contribution in [0.15, 0.2) is 24.3 Å². The number of alkyl halides is 2. The van der Waals surface area contributed by atoms with E-state index in [0.29, 0.717) is 17.1 Å². The molecular weight excluding hydrogens is 260 g/mol. The number of benzene rings is 1. The molecule has 0 amide bonds. The SMILES string of the molecule is CC1(C)CCCC(Nc2ccccc2OC(F)F)CC1. The van der Waals surface area contributed by atoms with Crippen LogP contribution in [0.4, 0.5) is 14.5 Å². The fourth-order valence-corrected chi connectivity index (χ4v) is 2.81. The largest absolute Gasteiger partial charge is 0.433 e. The normalized spacial score (nSPS) is 22.4. The van der Waals surface area contributed by atoms with Gasteiger partial charge in [-0.1, -0.05) is 32.4 Å². The molecule has 20 heavy (non-hydrogen) atoms. The molecule has 1 atom stereocenters. The van der Waals surface area contributed by atoms with E-state index in [4.69, 9.17) is 0 Å². The Morgan fingerprint density at radius 1 is 1.20 bits per heavy atom. The van der Waals surface area contributed by atoms with E-state index in [1.807, 2.05) is 6.07 Å². The lowest BCUT2D eigenvalue weighted by Crippen LogP contribution is -2.20. The van der Waals surface area contributed by atoms with Crippen LogP contribution in [0.25, 0.3) is 0 Å². The number of hydrogen-bond acceptors (Lipinski definition) is 2. The number of rotatable bonds is 4. The zero-order valence-electron chi connectivity index (χ0n) is 12.2. The molecule has 1 fully saturated rings. The van der Waals surface area contributed by atoms with Gasteiger partial charge < -0.3 is 10.1 Å². The van der Waals surface area contributed by atoms with Gasteiger partial charge in [0.15, 0.2) is 0 Å². The maximum absolute atomic E-state index is 12.4. The van der Waals surface area contributed by atoms with Crippen LogP contribution in [0.2, 0.25) is 0 Å². The highest BCUT2D eigenvalue weighted by Gasteiger charge is 2.24. The van der Waals surface area contributed by atoms with E-state index in [0.717, 1.165) is 19.3 Å². The third-order valence-electron chi connectivity index (χ3n) is 4.04. The van der Waals surface area contributed by atoms with Crippen LogP contribution in [0.1, 0.15) is 46.0 Å². The van der Waals surface area contributed by atoms with Crippen LogP contribution >= 0.6 is 0 Å². The standard InChI is InChI=1S/C16H23F2NO/c1-16(2)10-5-6-12(9-11-16)19-13-7-3-4-8-14(13)20-15(17)18/h3-4,7-8,12,15,19H,5-6,9-11H2,1-2H3. The fraction of sp³-hybridized carbons (Fsp3) is 0.625. The first-order valence-electron chi connectivity index (χ1n) is 7.27. The maximum atomic E-state index is 12.4. The van der Waals surface area contributed by atoms with Gasteiger partial charge in [-0.15, -0.1) is 0 Å². The van der Waals surface area contributed by atoms with Crippen molar-refractivity contribution in [3.63, 3.8) is 0 Å². The van der Waals surface area contributed by atoms with Gasteiger partial charge in [-0.25, -0.2) is 0 Å². The summed E-state index contributed by atoms with van der Waals surface area (Å²) in [5, 5.41) is 3.37. The lowest BCUT2D eigenvalue weighted by Gasteiger charge is -2.23. The number of anilines is 1. The molecule has 0 aliphatic heterocycles. The van der Waals surface area contributed by atoms with Crippen LogP contribution in [-0.2, 0) is 0 Å². The van der Waals surface area contributed by atoms with Gasteiger partial charge in [0.2, 0.25) is 0 Å². The summed E-state index contributed by atoms with van der Waals surface area (Å²) in [5.74, 6) is 0.228. The molecule has 1 N–H and O–H groups in total. The minimum absolute atomic E-state index is 0.228. The highest BCUT2D eigenvalue weighted by molar-refractivity contribution is 5.56. The topological polar surface area (TPSA) is 21.3 Å². The second kappa shape index (κ2) is 6.42. The third kappa shape index (κ3) is 4.36. The molecule has 1 saturated carbocycles. The molecule has 0 spiro atoms. The molecule has 1 aromatic carbocycles. The molecule has 4 heteroatoms. The molecule has 1 aromatic rings. The van der Waals surface area contributed by atoms with Crippen LogP contribution in [0.5, 0.6) is 5.75 Å². The molecule has 0 saturated heterocycles. The molecule has 112 valence electrons. The third-order valence-corrected chi connectivity index (χ3v) is 4.04. The molecule has 2 rings (SSSR count). The van der Waals surface area contributed by atoms with Gasteiger partial charge in [0.05, 0.1) is 5.69 Å². The first kappa shape index (κ1) is 15.1. The van der Waals surface area contributed by atoms with Crippen molar-refractivity contribution in [1.29, 1.82) is 0 Å². The van der Waals surface area contributed by atoms with Gasteiger partial charge in [0, 0.05) is 6.04 Å². The summed E-state index contributed by atoms with van der Waals surface area (Å²) < 4.78 is 29.4. The van der Waals surface area contributed by atoms with E-state index in [2.05, 4.69) is 23.9 Å². The zero-order chi connectivity index (χ0) is 14.6. The van der Waals surface area contributed by atoms with E-state index in [9.17, 15) is 8.78 Å². The van der Waals surface area contributed by atoms with Crippen molar-refractivity contribution in [1.82, 2.24) is 0 Å². The van der Waals surface area contributed by atoms with Crippen molar-refractivity contribution in [3.05, 3.63) is 24.3 Å². The Bertz CT molecular complexity index is 434. The minimum Gasteiger partial charge on any atom is -0.433 e. The monoisotopic (exact) mass is 283 g/mol. The summed E-state index contributed by atoms with van der Waals surface area (Å²) in [6.07, 6.45) is 5.69. The Hall–Kier alpha value is -1.32. The fourth-order valence-electron chi connectivity index (χ4n) is 2.81. The van der Waals surface area contributed by atoms with Gasteiger partial charge in [-0.3, -0.25) is 0 Å². The molecule has 2 nitrogen and oxygen atoms in total. The Kier molecular flexibility index (Phi) is 4.84. The smallest absolute Gasteiger partial charge is 0.387 e. The summed E-state index contributed by atoms with van der Waals surface area (Å²) >= 11 is 0. The number of ether oxygens (including phenoxy) is 1. The molecule has 0 radical (unpaired) electrons. The quantitative estimate of drug-likeness (QED) is 0.780. The highest BCUT2D eigenvalue weighted by atomic mass is 19.3. The number of nitrogens with one attached hydrogen (secondary N) is 1. The molecule has 1 aliphatic rings. The summed E-state index contributed by atoms with van der Waals surface area (Å²) in [4.78, 5) is 0. The molecule has 1 aliphatic carbocycles. The molecule has 1 unspecified atom stereocenters. The second-order valence-electron chi connectivity index (χ2n) is 6.31. The zero-order valence-corrected chi connectivity index (χ0v) is 12.2. The average molecular weight is 283 g/mol. The van der Waals surface area contributed by atoms with Crippen LogP contribution in [0, 0.1) is 5.41 Å². The van der Waals surface area contributed by atoms with Crippen LogP contribution in [-0.4, -0.2) is 12.7 Å². The van der Waals surface area contributed by atoms with Gasteiger partial charge in [-0.05, 0) is 43.2 Å². The lowest BCUT2D eigenvalue weighted by atomic mass is 9.85. The molecule has 0 bridgehead atoms. The lowest BCUT2D eigenvalue weighted by molar-refractivity contribution is -0.0493. The second-order valence-corrected chi connectivity index (χ2v) is 6.31. The van der Waals surface area contributed by atoms with Crippen molar-refractivity contribution in [2.45, 2.75) is 58.6 Å². The van der Waals surface area contributed by atoms with Crippen molar-refractivity contribution < 1.29 is 13.5 Å². The predicted octanol–water partition coefficient (Wildman–Crippen LogP) is 5.06. The van der Waals surface area contributed by atoms with Gasteiger partial charge in [0.25, 0.3) is 0 Å². The van der Waals surface area contributed by atoms with E-state index < -0.39 is 6.61 Å². The molecular formula is C16H23F2NO. The van der Waals surface area contributed by atoms with Gasteiger partial charge in [0.1, 0.15) is 5.75 Å². The van der Waals surface area contributed by atoms with E-state index in [1.165, 1.54) is 12.8 Å². The van der Waals surface area contributed by atoms with Crippen molar-refractivity contribution in [2.75, 3.05) is 5.32 Å². The highest BCUT2D eigenvalue weighted by Crippen LogP contribution is 2.35. The van der Waals surface area contributed by atoms with Crippen LogP contribution in [0.3, 0.4) is 0 Å². The summed E-state index contributed by atoms with van der Waals surface area (Å²) in [6.45, 7) is 1.80. The number of hydrogen-bond donors (Lipinski definition) is 1. The van der Waals surface area contributed by atoms with E-state index in [-0.39, 0.29) is 5.75 Å². The minimum atomic E-state index is -2.79. The Balaban J connectivity index is 2.02. The first-order chi connectivity index (χ1) is 9.46. The maximum Gasteiger partial charge on any atom is 0.387 e. The Labute approximate surface area is 119 Å².